The number of pyridine rings is 1. The third-order valence-corrected chi connectivity index (χ3v) is 3.85. The van der Waals surface area contributed by atoms with E-state index < -0.39 is 0 Å². The van der Waals surface area contributed by atoms with Crippen molar-refractivity contribution in [2.75, 3.05) is 0 Å². The van der Waals surface area contributed by atoms with Crippen molar-refractivity contribution in [1.29, 1.82) is 5.26 Å². The lowest BCUT2D eigenvalue weighted by Crippen LogP contribution is -2.12. The quantitative estimate of drug-likeness (QED) is 0.835. The third-order valence-electron chi connectivity index (χ3n) is 3.85. The molecule has 2 aromatic heterocycles. The second-order valence-electron chi connectivity index (χ2n) is 5.47. The summed E-state index contributed by atoms with van der Waals surface area (Å²) in [6.07, 6.45) is 6.29. The first-order valence-corrected chi connectivity index (χ1v) is 6.96. The standard InChI is InChI=1S/C15H16N4O/c1-10-3-2-4-12(7-10)14-18-15(20-19-14)13-6-5-11(8-16)9-17-13/h5-6,9-10,12H,2-4,7H2,1H3. The van der Waals surface area contributed by atoms with Crippen molar-refractivity contribution in [1.82, 2.24) is 15.1 Å². The van der Waals surface area contributed by atoms with Crippen LogP contribution in [0.15, 0.2) is 22.9 Å². The predicted molar refractivity (Wildman–Crippen MR) is 72.6 cm³/mol. The summed E-state index contributed by atoms with van der Waals surface area (Å²) in [5.74, 6) is 2.35. The van der Waals surface area contributed by atoms with E-state index in [4.69, 9.17) is 9.78 Å². The topological polar surface area (TPSA) is 75.6 Å². The zero-order valence-electron chi connectivity index (χ0n) is 11.4. The van der Waals surface area contributed by atoms with Crippen LogP contribution in [-0.2, 0) is 0 Å². The van der Waals surface area contributed by atoms with E-state index >= 15 is 0 Å². The van der Waals surface area contributed by atoms with Gasteiger partial charge < -0.3 is 4.52 Å². The van der Waals surface area contributed by atoms with Crippen molar-refractivity contribution in [3.05, 3.63) is 29.7 Å². The van der Waals surface area contributed by atoms with Crippen molar-refractivity contribution in [2.24, 2.45) is 5.92 Å². The fraction of sp³-hybridized carbons (Fsp3) is 0.467. The molecule has 0 bridgehead atoms. The first-order valence-electron chi connectivity index (χ1n) is 6.96. The Morgan fingerprint density at radius 1 is 1.35 bits per heavy atom. The van der Waals surface area contributed by atoms with Gasteiger partial charge in [0.2, 0.25) is 0 Å². The van der Waals surface area contributed by atoms with Crippen LogP contribution in [0.25, 0.3) is 11.6 Å². The minimum Gasteiger partial charge on any atom is -0.332 e. The van der Waals surface area contributed by atoms with Crippen LogP contribution in [0.1, 0.15) is 49.9 Å². The first kappa shape index (κ1) is 12.8. The van der Waals surface area contributed by atoms with Gasteiger partial charge in [-0.05, 0) is 30.9 Å². The lowest BCUT2D eigenvalue weighted by Gasteiger charge is -2.23. The van der Waals surface area contributed by atoms with Crippen molar-refractivity contribution in [3.8, 4) is 17.7 Å². The number of hydrogen-bond acceptors (Lipinski definition) is 5. The molecule has 1 saturated carbocycles. The first-order chi connectivity index (χ1) is 9.76. The van der Waals surface area contributed by atoms with Crippen LogP contribution in [0.3, 0.4) is 0 Å². The van der Waals surface area contributed by atoms with Crippen LogP contribution in [0.5, 0.6) is 0 Å². The molecule has 1 fully saturated rings. The van der Waals surface area contributed by atoms with Gasteiger partial charge in [-0.2, -0.15) is 10.2 Å². The predicted octanol–water partition coefficient (Wildman–Crippen LogP) is 3.30. The number of nitrogens with zero attached hydrogens (tertiary/aromatic N) is 4. The van der Waals surface area contributed by atoms with E-state index in [1.54, 1.807) is 12.1 Å². The van der Waals surface area contributed by atoms with Crippen LogP contribution in [-0.4, -0.2) is 15.1 Å². The number of nitriles is 1. The summed E-state index contributed by atoms with van der Waals surface area (Å²) in [6, 6.07) is 5.48. The summed E-state index contributed by atoms with van der Waals surface area (Å²) in [5, 5.41) is 12.9. The molecule has 1 aliphatic rings. The molecule has 102 valence electrons. The molecular formula is C15H16N4O. The number of hydrogen-bond donors (Lipinski definition) is 0. The fourth-order valence-electron chi connectivity index (χ4n) is 2.76. The van der Waals surface area contributed by atoms with Gasteiger partial charge in [-0.3, -0.25) is 0 Å². The maximum atomic E-state index is 8.76. The molecule has 2 heterocycles. The summed E-state index contributed by atoms with van der Waals surface area (Å²) < 4.78 is 5.31. The molecule has 5 nitrogen and oxygen atoms in total. The van der Waals surface area contributed by atoms with E-state index in [9.17, 15) is 0 Å². The van der Waals surface area contributed by atoms with Crippen LogP contribution in [0.4, 0.5) is 0 Å². The third kappa shape index (κ3) is 2.55. The highest BCUT2D eigenvalue weighted by molar-refractivity contribution is 5.47. The molecule has 5 heteroatoms. The molecule has 0 aromatic carbocycles. The molecule has 2 atom stereocenters. The van der Waals surface area contributed by atoms with E-state index in [-0.39, 0.29) is 0 Å². The van der Waals surface area contributed by atoms with E-state index in [2.05, 4.69) is 22.0 Å². The molecule has 0 saturated heterocycles. The van der Waals surface area contributed by atoms with Crippen molar-refractivity contribution in [2.45, 2.75) is 38.5 Å². The highest BCUT2D eigenvalue weighted by Gasteiger charge is 2.25. The molecule has 1 aliphatic carbocycles. The zero-order valence-corrected chi connectivity index (χ0v) is 11.4. The van der Waals surface area contributed by atoms with Gasteiger partial charge in [0, 0.05) is 12.1 Å². The van der Waals surface area contributed by atoms with Gasteiger partial charge >= 0.3 is 0 Å². The average Bonchev–Trinajstić information content (AvgIpc) is 2.97. The van der Waals surface area contributed by atoms with Crippen molar-refractivity contribution >= 4 is 0 Å². The Labute approximate surface area is 117 Å². The Kier molecular flexibility index (Phi) is 3.46. The van der Waals surface area contributed by atoms with Crippen LogP contribution in [0, 0.1) is 17.2 Å². The fourth-order valence-corrected chi connectivity index (χ4v) is 2.76. The minimum atomic E-state index is 0.398. The molecular weight excluding hydrogens is 252 g/mol. The van der Waals surface area contributed by atoms with E-state index in [0.717, 1.165) is 24.6 Å². The maximum absolute atomic E-state index is 8.76. The SMILES string of the molecule is CC1CCCC(c2noc(-c3ccc(C#N)cn3)n2)C1. The Balaban J connectivity index is 1.80. The van der Waals surface area contributed by atoms with E-state index in [1.165, 1.54) is 19.0 Å². The Bertz CT molecular complexity index is 626. The highest BCUT2D eigenvalue weighted by Crippen LogP contribution is 2.35. The van der Waals surface area contributed by atoms with Crippen LogP contribution < -0.4 is 0 Å². The second kappa shape index (κ2) is 5.41. The monoisotopic (exact) mass is 268 g/mol. The summed E-state index contributed by atoms with van der Waals surface area (Å²) in [5.41, 5.74) is 1.14. The number of aromatic nitrogens is 3. The second-order valence-corrected chi connectivity index (χ2v) is 5.47. The molecule has 2 unspecified atom stereocenters. The maximum Gasteiger partial charge on any atom is 0.276 e. The average molecular weight is 268 g/mol. The van der Waals surface area contributed by atoms with Gasteiger partial charge in [0.25, 0.3) is 5.89 Å². The Hall–Kier alpha value is -2.22. The Morgan fingerprint density at radius 2 is 2.25 bits per heavy atom. The van der Waals surface area contributed by atoms with Crippen LogP contribution >= 0.6 is 0 Å². The Morgan fingerprint density at radius 3 is 2.95 bits per heavy atom. The largest absolute Gasteiger partial charge is 0.332 e. The van der Waals surface area contributed by atoms with Gasteiger partial charge in [-0.25, -0.2) is 4.98 Å². The molecule has 3 rings (SSSR count). The molecule has 0 radical (unpaired) electrons. The van der Waals surface area contributed by atoms with Gasteiger partial charge in [-0.1, -0.05) is 24.9 Å². The minimum absolute atomic E-state index is 0.398. The van der Waals surface area contributed by atoms with Crippen molar-refractivity contribution < 1.29 is 4.52 Å². The normalized spacial score (nSPS) is 22.4. The van der Waals surface area contributed by atoms with Gasteiger partial charge in [0.15, 0.2) is 5.82 Å². The summed E-state index contributed by atoms with van der Waals surface area (Å²) in [6.45, 7) is 2.27. The lowest BCUT2D eigenvalue weighted by molar-refractivity contribution is 0.324. The summed E-state index contributed by atoms with van der Waals surface area (Å²) in [7, 11) is 0. The zero-order chi connectivity index (χ0) is 13.9. The van der Waals surface area contributed by atoms with E-state index in [0.29, 0.717) is 23.1 Å². The van der Waals surface area contributed by atoms with Crippen molar-refractivity contribution in [3.63, 3.8) is 0 Å². The van der Waals surface area contributed by atoms with E-state index in [1.807, 2.05) is 6.07 Å². The smallest absolute Gasteiger partial charge is 0.276 e. The molecule has 20 heavy (non-hydrogen) atoms. The lowest BCUT2D eigenvalue weighted by atomic mass is 9.82. The number of rotatable bonds is 2. The van der Waals surface area contributed by atoms with Gasteiger partial charge in [0.05, 0.1) is 5.56 Å². The molecule has 2 aromatic rings. The highest BCUT2D eigenvalue weighted by atomic mass is 16.5. The molecule has 0 spiro atoms. The molecule has 0 amide bonds. The molecule has 0 aliphatic heterocycles. The van der Waals surface area contributed by atoms with Crippen LogP contribution in [0.2, 0.25) is 0 Å². The van der Waals surface area contributed by atoms with Gasteiger partial charge in [0.1, 0.15) is 11.8 Å². The summed E-state index contributed by atoms with van der Waals surface area (Å²) in [4.78, 5) is 8.65. The summed E-state index contributed by atoms with van der Waals surface area (Å²) >= 11 is 0. The van der Waals surface area contributed by atoms with Gasteiger partial charge in [-0.15, -0.1) is 0 Å². The molecule has 0 N–H and O–H groups in total.